The normalized spacial score (nSPS) is 19.6. The Morgan fingerprint density at radius 1 is 1.17 bits per heavy atom. The quantitative estimate of drug-likeness (QED) is 0.754. The molecule has 2 N–H and O–H groups in total. The average Bonchev–Trinajstić information content (AvgIpc) is 3.24. The minimum atomic E-state index is 0.559. The van der Waals surface area contributed by atoms with Gasteiger partial charge in [0, 0.05) is 29.1 Å². The van der Waals surface area contributed by atoms with Gasteiger partial charge in [-0.2, -0.15) is 5.26 Å². The van der Waals surface area contributed by atoms with Crippen molar-refractivity contribution in [2.75, 3.05) is 6.54 Å². The maximum atomic E-state index is 9.08. The van der Waals surface area contributed by atoms with Crippen LogP contribution in [0.1, 0.15) is 29.0 Å². The van der Waals surface area contributed by atoms with E-state index in [1.54, 1.807) is 0 Å². The molecule has 1 saturated carbocycles. The molecule has 0 amide bonds. The minimum Gasteiger partial charge on any atom is -0.361 e. The molecule has 23 heavy (non-hydrogen) atoms. The maximum absolute atomic E-state index is 9.08. The van der Waals surface area contributed by atoms with Gasteiger partial charge in [0.05, 0.1) is 11.6 Å². The molecule has 1 heterocycles. The molecule has 4 rings (SSSR count). The lowest BCUT2D eigenvalue weighted by Gasteiger charge is -2.04. The zero-order chi connectivity index (χ0) is 15.6. The van der Waals surface area contributed by atoms with E-state index >= 15 is 0 Å². The van der Waals surface area contributed by atoms with E-state index in [4.69, 9.17) is 5.26 Å². The summed E-state index contributed by atoms with van der Waals surface area (Å²) in [6.07, 6.45) is 4.35. The van der Waals surface area contributed by atoms with Crippen molar-refractivity contribution in [2.45, 2.75) is 24.8 Å². The molecule has 2 aromatic carbocycles. The van der Waals surface area contributed by atoms with Crippen LogP contribution in [-0.4, -0.2) is 17.6 Å². The number of nitriles is 1. The van der Waals surface area contributed by atoms with Gasteiger partial charge >= 0.3 is 0 Å². The van der Waals surface area contributed by atoms with Gasteiger partial charge < -0.3 is 10.3 Å². The van der Waals surface area contributed by atoms with E-state index < -0.39 is 0 Å². The van der Waals surface area contributed by atoms with Crippen molar-refractivity contribution in [1.29, 1.82) is 5.26 Å². The Kier molecular flexibility index (Phi) is 3.61. The summed E-state index contributed by atoms with van der Waals surface area (Å²) in [4.78, 5) is 3.33. The van der Waals surface area contributed by atoms with Crippen molar-refractivity contribution in [3.8, 4) is 6.07 Å². The smallest absolute Gasteiger partial charge is 0.0991 e. The molecule has 3 heteroatoms. The van der Waals surface area contributed by atoms with Crippen LogP contribution in [0.4, 0.5) is 0 Å². The second kappa shape index (κ2) is 5.91. The van der Waals surface area contributed by atoms with Gasteiger partial charge in [-0.05, 0) is 48.7 Å². The molecule has 3 nitrogen and oxygen atoms in total. The number of rotatable bonds is 5. The number of nitrogens with zero attached hydrogens (tertiary/aromatic N) is 1. The summed E-state index contributed by atoms with van der Waals surface area (Å²) in [5.74, 6) is 0.563. The fourth-order valence-electron chi connectivity index (χ4n) is 3.33. The van der Waals surface area contributed by atoms with Crippen LogP contribution in [0.15, 0.2) is 54.7 Å². The van der Waals surface area contributed by atoms with Crippen LogP contribution in [0.2, 0.25) is 0 Å². The lowest BCUT2D eigenvalue weighted by molar-refractivity contribution is 0.669. The number of nitrogens with one attached hydrogen (secondary N) is 2. The highest BCUT2D eigenvalue weighted by molar-refractivity contribution is 5.85. The monoisotopic (exact) mass is 301 g/mol. The summed E-state index contributed by atoms with van der Waals surface area (Å²) >= 11 is 0. The molecule has 1 aromatic heterocycles. The Labute approximate surface area is 136 Å². The first-order valence-electron chi connectivity index (χ1n) is 8.13. The molecule has 0 spiro atoms. The topological polar surface area (TPSA) is 51.6 Å². The third kappa shape index (κ3) is 2.86. The van der Waals surface area contributed by atoms with Crippen LogP contribution >= 0.6 is 0 Å². The molecule has 114 valence electrons. The number of H-pyrrole nitrogens is 1. The van der Waals surface area contributed by atoms with Crippen LogP contribution in [0.5, 0.6) is 0 Å². The van der Waals surface area contributed by atoms with Crippen molar-refractivity contribution < 1.29 is 0 Å². The Morgan fingerprint density at radius 3 is 2.87 bits per heavy atom. The Morgan fingerprint density at radius 2 is 2.04 bits per heavy atom. The van der Waals surface area contributed by atoms with Crippen LogP contribution in [0.3, 0.4) is 0 Å². The van der Waals surface area contributed by atoms with E-state index in [1.807, 2.05) is 18.2 Å². The highest BCUT2D eigenvalue weighted by Crippen LogP contribution is 2.43. The first-order valence-corrected chi connectivity index (χ1v) is 8.13. The standard InChI is InChI=1S/C20H19N3/c21-12-15-6-7-19-16(10-15)18(13-23-19)17-11-20(17)22-9-8-14-4-2-1-3-5-14/h1-7,10,13,17,20,22-23H,8-9,11H2/t17-,20+/m0/s1. The molecule has 0 bridgehead atoms. The summed E-state index contributed by atoms with van der Waals surface area (Å²) in [5.41, 5.74) is 4.57. The van der Waals surface area contributed by atoms with Crippen molar-refractivity contribution in [2.24, 2.45) is 0 Å². The molecule has 1 fully saturated rings. The maximum Gasteiger partial charge on any atom is 0.0991 e. The molecular formula is C20H19N3. The predicted molar refractivity (Wildman–Crippen MR) is 92.3 cm³/mol. The fraction of sp³-hybridized carbons (Fsp3) is 0.250. The van der Waals surface area contributed by atoms with E-state index in [-0.39, 0.29) is 0 Å². The number of fused-ring (bicyclic) bond motifs is 1. The summed E-state index contributed by atoms with van der Waals surface area (Å²) < 4.78 is 0. The van der Waals surface area contributed by atoms with Gasteiger partial charge in [-0.1, -0.05) is 30.3 Å². The van der Waals surface area contributed by atoms with Gasteiger partial charge in [-0.3, -0.25) is 0 Å². The highest BCUT2D eigenvalue weighted by atomic mass is 15.0. The van der Waals surface area contributed by atoms with Gasteiger partial charge in [0.15, 0.2) is 0 Å². The highest BCUT2D eigenvalue weighted by Gasteiger charge is 2.39. The van der Waals surface area contributed by atoms with Gasteiger partial charge in [-0.15, -0.1) is 0 Å². The lowest BCUT2D eigenvalue weighted by Crippen LogP contribution is -2.20. The molecular weight excluding hydrogens is 282 g/mol. The predicted octanol–water partition coefficient (Wildman–Crippen LogP) is 3.73. The SMILES string of the molecule is N#Cc1ccc2[nH]cc([C@@H]3C[C@H]3NCCc3ccccc3)c2c1. The molecule has 1 aliphatic carbocycles. The van der Waals surface area contributed by atoms with E-state index in [2.05, 4.69) is 52.9 Å². The summed E-state index contributed by atoms with van der Waals surface area (Å²) in [5, 5.41) is 13.9. The lowest BCUT2D eigenvalue weighted by atomic mass is 10.1. The minimum absolute atomic E-state index is 0.559. The molecule has 3 aromatic rings. The second-order valence-electron chi connectivity index (χ2n) is 6.25. The van der Waals surface area contributed by atoms with E-state index in [0.717, 1.165) is 24.0 Å². The zero-order valence-electron chi connectivity index (χ0n) is 12.9. The number of benzene rings is 2. The van der Waals surface area contributed by atoms with Gasteiger partial charge in [0.1, 0.15) is 0 Å². The van der Waals surface area contributed by atoms with E-state index in [0.29, 0.717) is 12.0 Å². The van der Waals surface area contributed by atoms with Gasteiger partial charge in [0.2, 0.25) is 0 Å². The largest absolute Gasteiger partial charge is 0.361 e. The molecule has 0 aliphatic heterocycles. The van der Waals surface area contributed by atoms with Gasteiger partial charge in [-0.25, -0.2) is 0 Å². The first kappa shape index (κ1) is 14.0. The number of aromatic nitrogens is 1. The molecule has 0 saturated heterocycles. The Hall–Kier alpha value is -2.57. The molecule has 2 atom stereocenters. The third-order valence-electron chi connectivity index (χ3n) is 4.70. The van der Waals surface area contributed by atoms with Crippen LogP contribution in [0, 0.1) is 11.3 Å². The Bertz CT molecular complexity index is 857. The van der Waals surface area contributed by atoms with E-state index in [1.165, 1.54) is 22.9 Å². The van der Waals surface area contributed by atoms with Crippen LogP contribution in [0.25, 0.3) is 10.9 Å². The zero-order valence-corrected chi connectivity index (χ0v) is 12.9. The number of aromatic amines is 1. The molecule has 0 radical (unpaired) electrons. The second-order valence-corrected chi connectivity index (χ2v) is 6.25. The fourth-order valence-corrected chi connectivity index (χ4v) is 3.33. The van der Waals surface area contributed by atoms with E-state index in [9.17, 15) is 0 Å². The summed E-state index contributed by atoms with van der Waals surface area (Å²) in [6.45, 7) is 1.01. The van der Waals surface area contributed by atoms with Crippen molar-refractivity contribution in [3.05, 3.63) is 71.4 Å². The van der Waals surface area contributed by atoms with Crippen molar-refractivity contribution >= 4 is 10.9 Å². The molecule has 0 unspecified atom stereocenters. The van der Waals surface area contributed by atoms with Gasteiger partial charge in [0.25, 0.3) is 0 Å². The van der Waals surface area contributed by atoms with Crippen molar-refractivity contribution in [1.82, 2.24) is 10.3 Å². The summed E-state index contributed by atoms with van der Waals surface area (Å²) in [7, 11) is 0. The number of hydrogen-bond donors (Lipinski definition) is 2. The van der Waals surface area contributed by atoms with Crippen LogP contribution < -0.4 is 5.32 Å². The average molecular weight is 301 g/mol. The summed E-state index contributed by atoms with van der Waals surface area (Å²) in [6, 6.07) is 19.2. The molecule has 1 aliphatic rings. The number of hydrogen-bond acceptors (Lipinski definition) is 2. The third-order valence-corrected chi connectivity index (χ3v) is 4.70. The Balaban J connectivity index is 1.40. The van der Waals surface area contributed by atoms with Crippen molar-refractivity contribution in [3.63, 3.8) is 0 Å². The van der Waals surface area contributed by atoms with Crippen LogP contribution in [-0.2, 0) is 6.42 Å². The first-order chi connectivity index (χ1) is 11.3.